The van der Waals surface area contributed by atoms with Gasteiger partial charge >= 0.3 is 11.9 Å². The summed E-state index contributed by atoms with van der Waals surface area (Å²) >= 11 is 11.9. The molecular weight excluding hydrogens is 655 g/mol. The minimum Gasteiger partial charge on any atom is -0.475 e. The van der Waals surface area contributed by atoms with Crippen molar-refractivity contribution in [1.82, 2.24) is 39.5 Å². The van der Waals surface area contributed by atoms with Crippen LogP contribution in [0.25, 0.3) is 21.8 Å². The van der Waals surface area contributed by atoms with Crippen molar-refractivity contribution >= 4 is 69.4 Å². The number of aromatic nitrogens is 8. The van der Waals surface area contributed by atoms with Gasteiger partial charge in [0.25, 0.3) is 0 Å². The van der Waals surface area contributed by atoms with Crippen molar-refractivity contribution in [2.24, 2.45) is 14.1 Å². The molecule has 4 heterocycles. The summed E-state index contributed by atoms with van der Waals surface area (Å²) in [4.78, 5) is 31.2. The monoisotopic (exact) mass is 684 g/mol. The van der Waals surface area contributed by atoms with Gasteiger partial charge in [0.05, 0.1) is 27.7 Å². The van der Waals surface area contributed by atoms with Crippen molar-refractivity contribution in [3.63, 3.8) is 0 Å². The molecule has 0 saturated heterocycles. The summed E-state index contributed by atoms with van der Waals surface area (Å²) in [5, 5.41) is 27.6. The number of fused-ring (bicyclic) bond motifs is 2. The first-order chi connectivity index (χ1) is 21.1. The normalized spacial score (nSPS) is 10.5. The topological polar surface area (TPSA) is 151 Å². The average Bonchev–Trinajstić information content (AvgIpc) is 3.54. The van der Waals surface area contributed by atoms with Crippen LogP contribution < -0.4 is 0 Å². The average molecular weight is 686 g/mol. The molecule has 0 saturated carbocycles. The van der Waals surface area contributed by atoms with Gasteiger partial charge in [-0.2, -0.15) is 0 Å². The first kappa shape index (κ1) is 35.8. The number of carboxylic acid groups (broad SMARTS) is 1. The number of carbonyl (C=O) groups is 2. The van der Waals surface area contributed by atoms with Crippen LogP contribution in [-0.4, -0.2) is 63.1 Å². The number of carbonyl (C=O) groups excluding carboxylic acids is 1. The van der Waals surface area contributed by atoms with Crippen molar-refractivity contribution in [1.29, 1.82) is 0 Å². The molecule has 0 fully saturated rings. The van der Waals surface area contributed by atoms with E-state index < -0.39 is 11.9 Å². The predicted octanol–water partition coefficient (Wildman–Crippen LogP) is 6.15. The number of aromatic carboxylic acids is 1. The summed E-state index contributed by atoms with van der Waals surface area (Å²) in [6.45, 7) is 2.06. The summed E-state index contributed by atoms with van der Waals surface area (Å²) in [6.07, 6.45) is 4.26. The molecule has 0 bridgehead atoms. The van der Waals surface area contributed by atoms with Crippen LogP contribution in [0.3, 0.4) is 0 Å². The molecule has 12 nitrogen and oxygen atoms in total. The first-order valence-corrected chi connectivity index (χ1v) is 14.1. The fourth-order valence-corrected chi connectivity index (χ4v) is 4.82. The van der Waals surface area contributed by atoms with Gasteiger partial charge in [-0.3, -0.25) is 9.97 Å². The van der Waals surface area contributed by atoms with Crippen molar-refractivity contribution in [3.05, 3.63) is 105 Å². The molecule has 1 N–H and O–H groups in total. The van der Waals surface area contributed by atoms with Crippen molar-refractivity contribution < 1.29 is 19.4 Å². The number of hydrogen-bond acceptors (Lipinski definition) is 9. The standard InChI is InChI=1S/C16H15ClN4O2.C14H11ClN4O2.CH4.ClH/c1-3-23-16(22)15-20-19-14(21(15)2)7-10-4-5-13-11(6-10)8-12(17)9-18-13;1-19-12(17-18-13(19)14(20)21)5-8-2-3-11-9(4-8)6-10(15)7-16-11;;/h4-6,8-9H,3,7H2,1-2H3;2-4,6-7H,5H2,1H3,(H,20,21);1H4;1H. The summed E-state index contributed by atoms with van der Waals surface area (Å²) < 4.78 is 8.08. The Balaban J connectivity index is 0.000000241. The van der Waals surface area contributed by atoms with Gasteiger partial charge in [0.2, 0.25) is 11.6 Å². The Morgan fingerprint density at radius 2 is 1.22 bits per heavy atom. The maximum Gasteiger partial charge on any atom is 0.376 e. The maximum atomic E-state index is 11.8. The third kappa shape index (κ3) is 8.13. The third-order valence-electron chi connectivity index (χ3n) is 6.73. The van der Waals surface area contributed by atoms with Crippen LogP contribution in [0.1, 0.15) is 58.4 Å². The lowest BCUT2D eigenvalue weighted by Gasteiger charge is -2.05. The minimum atomic E-state index is -1.09. The Hall–Kier alpha value is -4.65. The van der Waals surface area contributed by atoms with Crippen molar-refractivity contribution in [2.75, 3.05) is 6.61 Å². The fourth-order valence-electron chi connectivity index (χ4n) is 4.48. The van der Waals surface area contributed by atoms with E-state index in [0.717, 1.165) is 32.9 Å². The van der Waals surface area contributed by atoms with Gasteiger partial charge in [0, 0.05) is 50.1 Å². The number of rotatable bonds is 7. The van der Waals surface area contributed by atoms with Crippen molar-refractivity contribution in [2.45, 2.75) is 27.2 Å². The SMILES string of the molecule is C.CCOC(=O)c1nnc(Cc2ccc3ncc(Cl)cc3c2)n1C.Cl.Cn1c(Cc2ccc3ncc(Cl)cc3c2)nnc1C(=O)O. The van der Waals surface area contributed by atoms with Gasteiger partial charge < -0.3 is 19.0 Å². The second-order valence-electron chi connectivity index (χ2n) is 9.74. The van der Waals surface area contributed by atoms with E-state index in [1.807, 2.05) is 48.5 Å². The largest absolute Gasteiger partial charge is 0.475 e. The van der Waals surface area contributed by atoms with Crippen LogP contribution in [0, 0.1) is 0 Å². The highest BCUT2D eigenvalue weighted by Gasteiger charge is 2.18. The lowest BCUT2D eigenvalue weighted by Crippen LogP contribution is -2.12. The van der Waals surface area contributed by atoms with E-state index in [-0.39, 0.29) is 31.5 Å². The van der Waals surface area contributed by atoms with Crippen LogP contribution in [-0.2, 0) is 31.7 Å². The van der Waals surface area contributed by atoms with E-state index in [1.165, 1.54) is 4.57 Å². The number of ether oxygens (including phenoxy) is 1. The zero-order chi connectivity index (χ0) is 31.4. The van der Waals surface area contributed by atoms with Gasteiger partial charge in [-0.1, -0.05) is 42.8 Å². The van der Waals surface area contributed by atoms with E-state index >= 15 is 0 Å². The fraction of sp³-hybridized carbons (Fsp3) is 0.226. The lowest BCUT2D eigenvalue weighted by molar-refractivity contribution is 0.0506. The van der Waals surface area contributed by atoms with Gasteiger partial charge in [0.1, 0.15) is 11.6 Å². The number of nitrogens with zero attached hydrogens (tertiary/aromatic N) is 8. The van der Waals surface area contributed by atoms with E-state index in [2.05, 4.69) is 30.4 Å². The summed E-state index contributed by atoms with van der Waals surface area (Å²) in [5.74, 6) is -0.166. The van der Waals surface area contributed by atoms with Gasteiger partial charge in [0.15, 0.2) is 0 Å². The first-order valence-electron chi connectivity index (χ1n) is 13.4. The van der Waals surface area contributed by atoms with Crippen LogP contribution in [0.4, 0.5) is 0 Å². The van der Waals surface area contributed by atoms with Crippen LogP contribution in [0.5, 0.6) is 0 Å². The van der Waals surface area contributed by atoms with Gasteiger partial charge in [-0.15, -0.1) is 32.8 Å². The van der Waals surface area contributed by atoms with E-state index in [4.69, 9.17) is 33.0 Å². The van der Waals surface area contributed by atoms with E-state index in [1.54, 1.807) is 38.0 Å². The van der Waals surface area contributed by atoms with Gasteiger partial charge in [-0.05, 0) is 54.4 Å². The Bertz CT molecular complexity index is 2010. The minimum absolute atomic E-state index is 0. The molecule has 0 radical (unpaired) electrons. The van der Waals surface area contributed by atoms with Crippen LogP contribution in [0.2, 0.25) is 10.0 Å². The molecule has 0 aliphatic carbocycles. The molecule has 2 aromatic carbocycles. The number of carboxylic acids is 1. The van der Waals surface area contributed by atoms with Gasteiger partial charge in [-0.25, -0.2) is 9.59 Å². The van der Waals surface area contributed by atoms with Crippen LogP contribution >= 0.6 is 35.6 Å². The highest BCUT2D eigenvalue weighted by Crippen LogP contribution is 2.21. The lowest BCUT2D eigenvalue weighted by atomic mass is 10.1. The molecule has 15 heteroatoms. The third-order valence-corrected chi connectivity index (χ3v) is 7.14. The number of pyridine rings is 2. The number of halogens is 3. The Morgan fingerprint density at radius 1 is 0.761 bits per heavy atom. The van der Waals surface area contributed by atoms with Crippen LogP contribution in [0.15, 0.2) is 60.9 Å². The molecule has 0 unspecified atom stereocenters. The Kier molecular flexibility index (Phi) is 12.1. The second-order valence-corrected chi connectivity index (χ2v) is 10.6. The zero-order valence-corrected chi connectivity index (χ0v) is 26.6. The summed E-state index contributed by atoms with van der Waals surface area (Å²) in [5.41, 5.74) is 3.75. The number of hydrogen-bond donors (Lipinski definition) is 1. The second kappa shape index (κ2) is 15.6. The predicted molar refractivity (Wildman–Crippen MR) is 178 cm³/mol. The molecule has 6 aromatic rings. The number of benzene rings is 2. The zero-order valence-electron chi connectivity index (χ0n) is 24.3. The molecule has 0 spiro atoms. The summed E-state index contributed by atoms with van der Waals surface area (Å²) in [7, 11) is 3.39. The summed E-state index contributed by atoms with van der Waals surface area (Å²) in [6, 6.07) is 15.4. The highest BCUT2D eigenvalue weighted by atomic mass is 35.5. The molecule has 0 aliphatic rings. The quantitative estimate of drug-likeness (QED) is 0.194. The van der Waals surface area contributed by atoms with E-state index in [9.17, 15) is 9.59 Å². The smallest absolute Gasteiger partial charge is 0.376 e. The highest BCUT2D eigenvalue weighted by molar-refractivity contribution is 6.31. The maximum absolute atomic E-state index is 11.8. The molecule has 0 amide bonds. The molecule has 4 aromatic heterocycles. The molecule has 240 valence electrons. The molecule has 0 aliphatic heterocycles. The Morgan fingerprint density at radius 3 is 1.65 bits per heavy atom. The Labute approximate surface area is 280 Å². The molecule has 0 atom stereocenters. The molecular formula is C31H31Cl3N8O4. The van der Waals surface area contributed by atoms with E-state index in [0.29, 0.717) is 41.1 Å². The number of esters is 1. The molecule has 6 rings (SSSR count). The molecule has 46 heavy (non-hydrogen) atoms. The van der Waals surface area contributed by atoms with Crippen molar-refractivity contribution in [3.8, 4) is 0 Å².